The smallest absolute Gasteiger partial charge is 0.0303 e. The third-order valence-corrected chi connectivity index (χ3v) is 4.04. The zero-order valence-corrected chi connectivity index (χ0v) is 13.3. The molecule has 0 aromatic carbocycles. The van der Waals surface area contributed by atoms with Crippen LogP contribution in [-0.4, -0.2) is 67.1 Å². The Morgan fingerprint density at radius 2 is 1.53 bits per heavy atom. The lowest BCUT2D eigenvalue weighted by atomic mass is 10.2. The van der Waals surface area contributed by atoms with Crippen molar-refractivity contribution in [2.75, 3.05) is 52.4 Å². The van der Waals surface area contributed by atoms with Gasteiger partial charge in [0.15, 0.2) is 0 Å². The summed E-state index contributed by atoms with van der Waals surface area (Å²) in [6.45, 7) is 20.6. The summed E-state index contributed by atoms with van der Waals surface area (Å²) in [6.07, 6.45) is 3.62. The van der Waals surface area contributed by atoms with E-state index in [4.69, 9.17) is 0 Å². The molecule has 0 spiro atoms. The van der Waals surface area contributed by atoms with E-state index in [1.54, 1.807) is 0 Å². The van der Waals surface area contributed by atoms with E-state index in [0.717, 1.165) is 19.5 Å². The fraction of sp³-hybridized carbons (Fsp3) is 0.875. The number of allylic oxidation sites excluding steroid dienone is 1. The van der Waals surface area contributed by atoms with Crippen LogP contribution in [0.3, 0.4) is 0 Å². The molecule has 0 bridgehead atoms. The molecule has 0 aliphatic carbocycles. The highest BCUT2D eigenvalue weighted by atomic mass is 15.3. The molecule has 0 radical (unpaired) electrons. The maximum atomic E-state index is 4.14. The van der Waals surface area contributed by atoms with Crippen LogP contribution in [0, 0.1) is 0 Å². The molecule has 1 aliphatic heterocycles. The summed E-state index contributed by atoms with van der Waals surface area (Å²) in [4.78, 5) is 7.67. The van der Waals surface area contributed by atoms with Gasteiger partial charge in [0.25, 0.3) is 0 Å². The fourth-order valence-electron chi connectivity index (χ4n) is 2.76. The van der Waals surface area contributed by atoms with Crippen LogP contribution in [-0.2, 0) is 0 Å². The Morgan fingerprint density at radius 1 is 0.947 bits per heavy atom. The number of nitrogens with zero attached hydrogens (tertiary/aromatic N) is 3. The molecule has 0 aromatic heterocycles. The van der Waals surface area contributed by atoms with Crippen molar-refractivity contribution in [3.63, 3.8) is 0 Å². The van der Waals surface area contributed by atoms with Gasteiger partial charge in [0.05, 0.1) is 0 Å². The Kier molecular flexibility index (Phi) is 8.15. The Labute approximate surface area is 120 Å². The van der Waals surface area contributed by atoms with Crippen LogP contribution in [0.2, 0.25) is 0 Å². The van der Waals surface area contributed by atoms with Crippen LogP contribution >= 0.6 is 0 Å². The summed E-state index contributed by atoms with van der Waals surface area (Å²) in [7, 11) is 0. The van der Waals surface area contributed by atoms with E-state index in [1.807, 2.05) is 0 Å². The molecule has 1 saturated heterocycles. The third kappa shape index (κ3) is 5.96. The number of hydrogen-bond acceptors (Lipinski definition) is 3. The highest BCUT2D eigenvalue weighted by molar-refractivity contribution is 4.94. The molecule has 0 aromatic rings. The molecule has 112 valence electrons. The van der Waals surface area contributed by atoms with Crippen LogP contribution in [0.25, 0.3) is 0 Å². The minimum absolute atomic E-state index is 1.08. The Bertz CT molecular complexity index is 238. The molecule has 0 unspecified atom stereocenters. The lowest BCUT2D eigenvalue weighted by Crippen LogP contribution is -2.47. The van der Waals surface area contributed by atoms with Crippen molar-refractivity contribution >= 4 is 0 Å². The van der Waals surface area contributed by atoms with Crippen molar-refractivity contribution < 1.29 is 0 Å². The quantitative estimate of drug-likeness (QED) is 0.636. The van der Waals surface area contributed by atoms with Crippen molar-refractivity contribution in [3.05, 3.63) is 12.3 Å². The van der Waals surface area contributed by atoms with Gasteiger partial charge in [-0.15, -0.1) is 0 Å². The van der Waals surface area contributed by atoms with Crippen LogP contribution in [0.5, 0.6) is 0 Å². The van der Waals surface area contributed by atoms with Gasteiger partial charge < -0.3 is 9.80 Å². The number of rotatable bonds is 9. The minimum atomic E-state index is 1.08. The largest absolute Gasteiger partial charge is 0.373 e. The summed E-state index contributed by atoms with van der Waals surface area (Å²) < 4.78 is 0. The summed E-state index contributed by atoms with van der Waals surface area (Å²) in [5.74, 6) is 0. The van der Waals surface area contributed by atoms with E-state index in [-0.39, 0.29) is 0 Å². The van der Waals surface area contributed by atoms with Gasteiger partial charge in [-0.05, 0) is 32.4 Å². The van der Waals surface area contributed by atoms with Crippen molar-refractivity contribution in [3.8, 4) is 0 Å². The van der Waals surface area contributed by atoms with Gasteiger partial charge in [0, 0.05) is 45.0 Å². The molecule has 1 rings (SSSR count). The fourth-order valence-corrected chi connectivity index (χ4v) is 2.76. The molecule has 1 heterocycles. The lowest BCUT2D eigenvalue weighted by molar-refractivity contribution is 0.137. The maximum Gasteiger partial charge on any atom is 0.0303 e. The van der Waals surface area contributed by atoms with Crippen molar-refractivity contribution in [1.29, 1.82) is 0 Å². The van der Waals surface area contributed by atoms with E-state index in [9.17, 15) is 0 Å². The Morgan fingerprint density at radius 3 is 2.00 bits per heavy atom. The molecule has 1 fully saturated rings. The van der Waals surface area contributed by atoms with Gasteiger partial charge in [0.2, 0.25) is 0 Å². The van der Waals surface area contributed by atoms with Gasteiger partial charge in [-0.1, -0.05) is 27.4 Å². The lowest BCUT2D eigenvalue weighted by Gasteiger charge is -2.37. The molecule has 0 amide bonds. The Balaban J connectivity index is 2.22. The molecule has 19 heavy (non-hydrogen) atoms. The number of hydrogen-bond donors (Lipinski definition) is 0. The first kappa shape index (κ1) is 16.5. The third-order valence-electron chi connectivity index (χ3n) is 4.04. The average Bonchev–Trinajstić information content (AvgIpc) is 2.45. The molecule has 3 heteroatoms. The van der Waals surface area contributed by atoms with E-state index in [2.05, 4.69) is 42.0 Å². The number of piperazine rings is 1. The van der Waals surface area contributed by atoms with E-state index in [1.165, 1.54) is 57.8 Å². The first-order valence-corrected chi connectivity index (χ1v) is 8.08. The van der Waals surface area contributed by atoms with Gasteiger partial charge in [-0.25, -0.2) is 0 Å². The van der Waals surface area contributed by atoms with E-state index < -0.39 is 0 Å². The summed E-state index contributed by atoms with van der Waals surface area (Å²) in [5, 5.41) is 0. The topological polar surface area (TPSA) is 9.72 Å². The van der Waals surface area contributed by atoms with Gasteiger partial charge >= 0.3 is 0 Å². The zero-order chi connectivity index (χ0) is 14.1. The molecular formula is C16H33N3. The van der Waals surface area contributed by atoms with E-state index >= 15 is 0 Å². The second-order valence-corrected chi connectivity index (χ2v) is 5.59. The van der Waals surface area contributed by atoms with E-state index in [0.29, 0.717) is 0 Å². The predicted octanol–water partition coefficient (Wildman–Crippen LogP) is 2.65. The molecule has 0 saturated carbocycles. The van der Waals surface area contributed by atoms with Crippen molar-refractivity contribution in [1.82, 2.24) is 14.7 Å². The SMILES string of the molecule is C=C(CC)N1CCN(CCN(CCC)CCC)CC1. The van der Waals surface area contributed by atoms with Gasteiger partial charge in [0.1, 0.15) is 0 Å². The first-order chi connectivity index (χ1) is 9.21. The molecule has 3 nitrogen and oxygen atoms in total. The standard InChI is InChI=1S/C16H33N3/c1-5-8-17(9-6-2)10-11-18-12-14-19(15-13-18)16(4)7-3/h4-15H2,1-3H3. The second kappa shape index (κ2) is 9.38. The summed E-state index contributed by atoms with van der Waals surface area (Å²) in [6, 6.07) is 0. The molecule has 1 aliphatic rings. The predicted molar refractivity (Wildman–Crippen MR) is 84.5 cm³/mol. The van der Waals surface area contributed by atoms with Crippen LogP contribution in [0.15, 0.2) is 12.3 Å². The van der Waals surface area contributed by atoms with Gasteiger partial charge in [-0.2, -0.15) is 0 Å². The zero-order valence-electron chi connectivity index (χ0n) is 13.3. The van der Waals surface area contributed by atoms with Crippen LogP contribution < -0.4 is 0 Å². The summed E-state index contributed by atoms with van der Waals surface area (Å²) >= 11 is 0. The highest BCUT2D eigenvalue weighted by Crippen LogP contribution is 2.10. The molecule has 0 N–H and O–H groups in total. The summed E-state index contributed by atoms with van der Waals surface area (Å²) in [5.41, 5.74) is 1.30. The van der Waals surface area contributed by atoms with Crippen molar-refractivity contribution in [2.24, 2.45) is 0 Å². The second-order valence-electron chi connectivity index (χ2n) is 5.59. The first-order valence-electron chi connectivity index (χ1n) is 8.08. The van der Waals surface area contributed by atoms with Gasteiger partial charge in [-0.3, -0.25) is 4.90 Å². The minimum Gasteiger partial charge on any atom is -0.373 e. The monoisotopic (exact) mass is 267 g/mol. The molecular weight excluding hydrogens is 234 g/mol. The van der Waals surface area contributed by atoms with Crippen LogP contribution in [0.4, 0.5) is 0 Å². The van der Waals surface area contributed by atoms with Crippen LogP contribution in [0.1, 0.15) is 40.0 Å². The molecule has 0 atom stereocenters. The van der Waals surface area contributed by atoms with Crippen molar-refractivity contribution in [2.45, 2.75) is 40.0 Å². The Hall–Kier alpha value is -0.540. The highest BCUT2D eigenvalue weighted by Gasteiger charge is 2.17. The average molecular weight is 267 g/mol. The normalized spacial score (nSPS) is 17.2. The maximum absolute atomic E-state index is 4.14.